The number of nitrogens with one attached hydrogen (secondary N) is 2. The minimum atomic E-state index is -3.48. The number of carbonyl (C=O) groups is 1. The summed E-state index contributed by atoms with van der Waals surface area (Å²) in [5.41, 5.74) is 2.11. The van der Waals surface area contributed by atoms with Gasteiger partial charge in [0.1, 0.15) is 6.33 Å². The largest absolute Gasteiger partial charge is 0.373 e. The number of hydrogen-bond acceptors (Lipinski definition) is 7. The van der Waals surface area contributed by atoms with Gasteiger partial charge in [-0.25, -0.2) is 17.9 Å². The summed E-state index contributed by atoms with van der Waals surface area (Å²) in [6, 6.07) is 4.91. The molecule has 0 bridgehead atoms. The fourth-order valence-electron chi connectivity index (χ4n) is 3.11. The molecule has 1 aromatic heterocycles. The van der Waals surface area contributed by atoms with Crippen LogP contribution in [0, 0.1) is 6.92 Å². The molecule has 3 rings (SSSR count). The Hall–Kier alpha value is -2.57. The van der Waals surface area contributed by atoms with E-state index in [1.54, 1.807) is 6.07 Å². The molecule has 2 amide bonds. The van der Waals surface area contributed by atoms with Gasteiger partial charge in [-0.1, -0.05) is 6.07 Å². The number of aryl methyl sites for hydroxylation is 1. The standard InChI is InChI=1S/C17H25N7O4S/c1-12-4-5-15(24-11-19-21-22-24)8-16(12)20-17(25)18-6-7-29(26,27)23-9-13(2)28-14(3)10-23/h4-5,8,11,13-14H,6-7,9-10H2,1-3H3,(H2,18,20,25)/t13-,14+. The number of morpholine rings is 1. The average Bonchev–Trinajstić information content (AvgIpc) is 3.17. The maximum Gasteiger partial charge on any atom is 0.319 e. The molecule has 2 aromatic rings. The monoisotopic (exact) mass is 423 g/mol. The summed E-state index contributed by atoms with van der Waals surface area (Å²) in [5.74, 6) is -0.177. The molecule has 1 aliphatic rings. The molecule has 158 valence electrons. The lowest BCUT2D eigenvalue weighted by Gasteiger charge is -2.34. The van der Waals surface area contributed by atoms with Crippen LogP contribution in [0.3, 0.4) is 0 Å². The molecule has 0 unspecified atom stereocenters. The van der Waals surface area contributed by atoms with E-state index in [9.17, 15) is 13.2 Å². The van der Waals surface area contributed by atoms with Gasteiger partial charge in [0.05, 0.1) is 23.6 Å². The molecule has 0 radical (unpaired) electrons. The molecule has 2 atom stereocenters. The maximum atomic E-state index is 12.5. The highest BCUT2D eigenvalue weighted by Crippen LogP contribution is 2.19. The van der Waals surface area contributed by atoms with E-state index in [1.165, 1.54) is 15.3 Å². The number of benzene rings is 1. The van der Waals surface area contributed by atoms with Crippen LogP contribution < -0.4 is 10.6 Å². The highest BCUT2D eigenvalue weighted by molar-refractivity contribution is 7.89. The molecule has 29 heavy (non-hydrogen) atoms. The summed E-state index contributed by atoms with van der Waals surface area (Å²) in [4.78, 5) is 12.2. The Morgan fingerprint density at radius 1 is 1.28 bits per heavy atom. The zero-order valence-corrected chi connectivity index (χ0v) is 17.4. The molecule has 1 aromatic carbocycles. The molecule has 2 N–H and O–H groups in total. The van der Waals surface area contributed by atoms with Crippen molar-refractivity contribution in [1.29, 1.82) is 0 Å². The van der Waals surface area contributed by atoms with E-state index in [0.717, 1.165) is 5.56 Å². The molecule has 11 nitrogen and oxygen atoms in total. The fourth-order valence-corrected chi connectivity index (χ4v) is 4.61. The van der Waals surface area contributed by atoms with Crippen LogP contribution in [-0.4, -0.2) is 76.6 Å². The van der Waals surface area contributed by atoms with E-state index in [4.69, 9.17) is 4.74 Å². The van der Waals surface area contributed by atoms with E-state index in [1.807, 2.05) is 32.9 Å². The van der Waals surface area contributed by atoms with Crippen molar-refractivity contribution in [2.45, 2.75) is 33.0 Å². The van der Waals surface area contributed by atoms with Crippen LogP contribution in [0.4, 0.5) is 10.5 Å². The third-order valence-electron chi connectivity index (χ3n) is 4.51. The lowest BCUT2D eigenvalue weighted by molar-refractivity contribution is -0.0440. The Morgan fingerprint density at radius 3 is 2.66 bits per heavy atom. The van der Waals surface area contributed by atoms with Crippen LogP contribution in [0.2, 0.25) is 0 Å². The number of aromatic nitrogens is 4. The Morgan fingerprint density at radius 2 is 2.00 bits per heavy atom. The van der Waals surface area contributed by atoms with E-state index < -0.39 is 16.1 Å². The van der Waals surface area contributed by atoms with Crippen molar-refractivity contribution in [2.24, 2.45) is 0 Å². The van der Waals surface area contributed by atoms with Gasteiger partial charge in [0.25, 0.3) is 0 Å². The summed E-state index contributed by atoms with van der Waals surface area (Å²) in [6.07, 6.45) is 1.15. The molecule has 1 saturated heterocycles. The summed E-state index contributed by atoms with van der Waals surface area (Å²) in [5, 5.41) is 16.3. The van der Waals surface area contributed by atoms with Crippen LogP contribution in [-0.2, 0) is 14.8 Å². The van der Waals surface area contributed by atoms with Crippen molar-refractivity contribution in [2.75, 3.05) is 30.7 Å². The molecule has 2 heterocycles. The molecule has 1 fully saturated rings. The summed E-state index contributed by atoms with van der Waals surface area (Å²) in [6.45, 7) is 6.18. The first kappa shape index (κ1) is 21.1. The third-order valence-corrected chi connectivity index (χ3v) is 6.31. The highest BCUT2D eigenvalue weighted by Gasteiger charge is 2.30. The number of anilines is 1. The number of carbonyl (C=O) groups excluding carboxylic acids is 1. The van der Waals surface area contributed by atoms with Gasteiger partial charge >= 0.3 is 6.03 Å². The smallest absolute Gasteiger partial charge is 0.319 e. The second-order valence-electron chi connectivity index (χ2n) is 7.02. The molecule has 1 aliphatic heterocycles. The first-order valence-electron chi connectivity index (χ1n) is 9.27. The number of ether oxygens (including phenoxy) is 1. The number of rotatable bonds is 6. The fraction of sp³-hybridized carbons (Fsp3) is 0.529. The van der Waals surface area contributed by atoms with Crippen LogP contribution in [0.15, 0.2) is 24.5 Å². The molecule has 0 aliphatic carbocycles. The topological polar surface area (TPSA) is 131 Å². The molecule has 0 saturated carbocycles. The van der Waals surface area contributed by atoms with E-state index in [-0.39, 0.29) is 24.5 Å². The van der Waals surface area contributed by atoms with Gasteiger partial charge in [0.15, 0.2) is 0 Å². The van der Waals surface area contributed by atoms with Crippen molar-refractivity contribution in [3.05, 3.63) is 30.1 Å². The van der Waals surface area contributed by atoms with Crippen LogP contribution >= 0.6 is 0 Å². The van der Waals surface area contributed by atoms with E-state index in [0.29, 0.717) is 24.5 Å². The number of amides is 2. The van der Waals surface area contributed by atoms with Crippen molar-refractivity contribution in [1.82, 2.24) is 29.8 Å². The minimum Gasteiger partial charge on any atom is -0.373 e. The van der Waals surface area contributed by atoms with Gasteiger partial charge in [-0.2, -0.15) is 4.31 Å². The molecule has 0 spiro atoms. The number of hydrogen-bond donors (Lipinski definition) is 2. The van der Waals surface area contributed by atoms with Crippen molar-refractivity contribution in [3.8, 4) is 5.69 Å². The number of sulfonamides is 1. The van der Waals surface area contributed by atoms with Gasteiger partial charge in [0, 0.05) is 25.3 Å². The van der Waals surface area contributed by atoms with Gasteiger partial charge in [0.2, 0.25) is 10.0 Å². The zero-order valence-electron chi connectivity index (χ0n) is 16.6. The molecule has 12 heteroatoms. The van der Waals surface area contributed by atoms with Crippen molar-refractivity contribution >= 4 is 21.7 Å². The van der Waals surface area contributed by atoms with Gasteiger partial charge in [-0.15, -0.1) is 5.10 Å². The lowest BCUT2D eigenvalue weighted by atomic mass is 10.2. The van der Waals surface area contributed by atoms with Crippen molar-refractivity contribution < 1.29 is 17.9 Å². The lowest BCUT2D eigenvalue weighted by Crippen LogP contribution is -2.49. The van der Waals surface area contributed by atoms with Crippen LogP contribution in [0.25, 0.3) is 5.69 Å². The normalized spacial score (nSPS) is 20.4. The minimum absolute atomic E-state index is 0.0000200. The molecular formula is C17H25N7O4S. The summed E-state index contributed by atoms with van der Waals surface area (Å²) >= 11 is 0. The Labute approximate surface area is 169 Å². The number of urea groups is 1. The first-order valence-corrected chi connectivity index (χ1v) is 10.9. The number of nitrogens with zero attached hydrogens (tertiary/aromatic N) is 5. The van der Waals surface area contributed by atoms with Gasteiger partial charge in [-0.05, 0) is 48.9 Å². The SMILES string of the molecule is Cc1ccc(-n2cnnn2)cc1NC(=O)NCCS(=O)(=O)N1C[C@@H](C)O[C@@H](C)C1. The zero-order chi connectivity index (χ0) is 21.0. The summed E-state index contributed by atoms with van der Waals surface area (Å²) in [7, 11) is -3.48. The van der Waals surface area contributed by atoms with Crippen LogP contribution in [0.1, 0.15) is 19.4 Å². The summed E-state index contributed by atoms with van der Waals surface area (Å²) < 4.78 is 33.5. The van der Waals surface area contributed by atoms with Gasteiger partial charge < -0.3 is 15.4 Å². The molecular weight excluding hydrogens is 398 g/mol. The first-order chi connectivity index (χ1) is 13.7. The van der Waals surface area contributed by atoms with Crippen molar-refractivity contribution in [3.63, 3.8) is 0 Å². The third kappa shape index (κ3) is 5.49. The number of tetrazole rings is 1. The Kier molecular flexibility index (Phi) is 6.45. The van der Waals surface area contributed by atoms with Crippen LogP contribution in [0.5, 0.6) is 0 Å². The Balaban J connectivity index is 1.54. The second-order valence-corrected chi connectivity index (χ2v) is 9.11. The van der Waals surface area contributed by atoms with Gasteiger partial charge in [-0.3, -0.25) is 0 Å². The van der Waals surface area contributed by atoms with E-state index in [2.05, 4.69) is 26.2 Å². The predicted molar refractivity (Wildman–Crippen MR) is 106 cm³/mol. The maximum absolute atomic E-state index is 12.5. The quantitative estimate of drug-likeness (QED) is 0.693. The highest BCUT2D eigenvalue weighted by atomic mass is 32.2. The average molecular weight is 423 g/mol. The Bertz CT molecular complexity index is 939. The predicted octanol–water partition coefficient (Wildman–Crippen LogP) is 0.531. The second kappa shape index (κ2) is 8.84. The van der Waals surface area contributed by atoms with E-state index >= 15 is 0 Å².